The number of para-hydroxylation sites is 1. The third-order valence-corrected chi connectivity index (χ3v) is 3.61. The Labute approximate surface area is 126 Å². The van der Waals surface area contributed by atoms with Crippen LogP contribution in [0, 0.1) is 0 Å². The fraction of sp³-hybridized carbons (Fsp3) is 0.562. The summed E-state index contributed by atoms with van der Waals surface area (Å²) >= 11 is 0. The fourth-order valence-electron chi connectivity index (χ4n) is 2.37. The van der Waals surface area contributed by atoms with Crippen molar-refractivity contribution in [3.8, 4) is 5.75 Å². The van der Waals surface area contributed by atoms with Gasteiger partial charge in [-0.25, -0.2) is 4.79 Å². The van der Waals surface area contributed by atoms with Gasteiger partial charge in [-0.15, -0.1) is 0 Å². The number of hydrogen-bond donors (Lipinski definition) is 1. The molecule has 1 N–H and O–H groups in total. The summed E-state index contributed by atoms with van der Waals surface area (Å²) in [5, 5.41) is 2.95. The van der Waals surface area contributed by atoms with Crippen LogP contribution in [0.4, 0.5) is 4.79 Å². The van der Waals surface area contributed by atoms with E-state index in [2.05, 4.69) is 10.2 Å². The fourth-order valence-corrected chi connectivity index (χ4v) is 2.37. The molecule has 0 bridgehead atoms. The molecule has 1 aliphatic heterocycles. The van der Waals surface area contributed by atoms with E-state index in [4.69, 9.17) is 4.74 Å². The minimum atomic E-state index is 0.0370. The van der Waals surface area contributed by atoms with Crippen molar-refractivity contribution < 1.29 is 9.53 Å². The summed E-state index contributed by atoms with van der Waals surface area (Å²) in [6, 6.07) is 9.91. The molecule has 116 valence electrons. The first-order valence-electron chi connectivity index (χ1n) is 7.54. The Balaban J connectivity index is 1.69. The molecule has 0 saturated carbocycles. The lowest BCUT2D eigenvalue weighted by atomic mass is 10.1. The quantitative estimate of drug-likeness (QED) is 0.900. The average Bonchev–Trinajstić information content (AvgIpc) is 2.48. The van der Waals surface area contributed by atoms with E-state index >= 15 is 0 Å². The number of hydrogen-bond acceptors (Lipinski definition) is 3. The largest absolute Gasteiger partial charge is 0.490 e. The lowest BCUT2D eigenvalue weighted by Gasteiger charge is -2.32. The predicted octanol–water partition coefficient (Wildman–Crippen LogP) is 1.80. The third kappa shape index (κ3) is 5.27. The Morgan fingerprint density at radius 2 is 1.95 bits per heavy atom. The number of likely N-dealkylation sites (tertiary alicyclic amines) is 1. The molecule has 1 saturated heterocycles. The van der Waals surface area contributed by atoms with Crippen molar-refractivity contribution in [3.05, 3.63) is 30.3 Å². The van der Waals surface area contributed by atoms with Gasteiger partial charge in [-0.2, -0.15) is 0 Å². The Kier molecular flexibility index (Phi) is 5.87. The van der Waals surface area contributed by atoms with Crippen LogP contribution in [0.15, 0.2) is 30.3 Å². The van der Waals surface area contributed by atoms with E-state index in [1.165, 1.54) is 0 Å². The van der Waals surface area contributed by atoms with Crippen LogP contribution < -0.4 is 10.1 Å². The standard InChI is InChI=1S/C16H25N3O2/c1-18(2)13-10-17-16(20)19-11-8-15(9-12-19)21-14-6-4-3-5-7-14/h3-7,15H,8-13H2,1-2H3,(H,17,20). The molecule has 0 aliphatic carbocycles. The number of piperidine rings is 1. The highest BCUT2D eigenvalue weighted by Crippen LogP contribution is 2.18. The maximum atomic E-state index is 12.0. The summed E-state index contributed by atoms with van der Waals surface area (Å²) < 4.78 is 5.93. The highest BCUT2D eigenvalue weighted by atomic mass is 16.5. The summed E-state index contributed by atoms with van der Waals surface area (Å²) in [5.41, 5.74) is 0. The second kappa shape index (κ2) is 7.88. The molecule has 1 fully saturated rings. The lowest BCUT2D eigenvalue weighted by Crippen LogP contribution is -2.47. The zero-order valence-electron chi connectivity index (χ0n) is 12.9. The molecule has 0 radical (unpaired) electrons. The van der Waals surface area contributed by atoms with E-state index in [9.17, 15) is 4.79 Å². The first-order valence-corrected chi connectivity index (χ1v) is 7.54. The first-order chi connectivity index (χ1) is 10.1. The lowest BCUT2D eigenvalue weighted by molar-refractivity contribution is 0.111. The van der Waals surface area contributed by atoms with Crippen LogP contribution in [-0.2, 0) is 0 Å². The van der Waals surface area contributed by atoms with E-state index in [0.717, 1.165) is 38.2 Å². The second-order valence-electron chi connectivity index (χ2n) is 5.65. The second-order valence-corrected chi connectivity index (χ2v) is 5.65. The molecule has 2 rings (SSSR count). The molecule has 1 aromatic carbocycles. The number of nitrogens with one attached hydrogen (secondary N) is 1. The monoisotopic (exact) mass is 291 g/mol. The Morgan fingerprint density at radius 3 is 2.57 bits per heavy atom. The molecule has 5 nitrogen and oxygen atoms in total. The smallest absolute Gasteiger partial charge is 0.317 e. The zero-order chi connectivity index (χ0) is 15.1. The Hall–Kier alpha value is -1.75. The van der Waals surface area contributed by atoms with Crippen LogP contribution in [0.3, 0.4) is 0 Å². The van der Waals surface area contributed by atoms with Crippen molar-refractivity contribution in [3.63, 3.8) is 0 Å². The maximum absolute atomic E-state index is 12.0. The van der Waals surface area contributed by atoms with Gasteiger partial charge in [0.2, 0.25) is 0 Å². The minimum Gasteiger partial charge on any atom is -0.490 e. The Morgan fingerprint density at radius 1 is 1.29 bits per heavy atom. The van der Waals surface area contributed by atoms with E-state index < -0.39 is 0 Å². The number of ether oxygens (including phenoxy) is 1. The topological polar surface area (TPSA) is 44.8 Å². The summed E-state index contributed by atoms with van der Waals surface area (Å²) in [7, 11) is 4.00. The molecular weight excluding hydrogens is 266 g/mol. The zero-order valence-corrected chi connectivity index (χ0v) is 12.9. The number of urea groups is 1. The van der Waals surface area contributed by atoms with E-state index in [1.807, 2.05) is 49.3 Å². The Bertz CT molecular complexity index is 428. The van der Waals surface area contributed by atoms with Crippen LogP contribution in [0.1, 0.15) is 12.8 Å². The predicted molar refractivity (Wildman–Crippen MR) is 83.6 cm³/mol. The molecular formula is C16H25N3O2. The molecule has 0 unspecified atom stereocenters. The first kappa shape index (κ1) is 15.6. The van der Waals surface area contributed by atoms with Crippen LogP contribution in [0.25, 0.3) is 0 Å². The van der Waals surface area contributed by atoms with E-state index in [1.54, 1.807) is 0 Å². The molecule has 1 aromatic rings. The number of carbonyl (C=O) groups excluding carboxylic acids is 1. The van der Waals surface area contributed by atoms with Crippen LogP contribution in [0.2, 0.25) is 0 Å². The number of likely N-dealkylation sites (N-methyl/N-ethyl adjacent to an activating group) is 1. The molecule has 5 heteroatoms. The highest BCUT2D eigenvalue weighted by molar-refractivity contribution is 5.74. The minimum absolute atomic E-state index is 0.0370. The maximum Gasteiger partial charge on any atom is 0.317 e. The highest BCUT2D eigenvalue weighted by Gasteiger charge is 2.23. The van der Waals surface area contributed by atoms with Gasteiger partial charge >= 0.3 is 6.03 Å². The van der Waals surface area contributed by atoms with E-state index in [-0.39, 0.29) is 12.1 Å². The van der Waals surface area contributed by atoms with Crippen LogP contribution in [-0.4, -0.2) is 62.2 Å². The van der Waals surface area contributed by atoms with Gasteiger partial charge in [0, 0.05) is 39.0 Å². The molecule has 2 amide bonds. The van der Waals surface area contributed by atoms with Crippen molar-refractivity contribution in [1.82, 2.24) is 15.1 Å². The number of nitrogens with zero attached hydrogens (tertiary/aromatic N) is 2. The third-order valence-electron chi connectivity index (χ3n) is 3.61. The molecule has 21 heavy (non-hydrogen) atoms. The van der Waals surface area contributed by atoms with Gasteiger partial charge in [-0.1, -0.05) is 18.2 Å². The molecule has 0 atom stereocenters. The summed E-state index contributed by atoms with van der Waals surface area (Å²) in [5.74, 6) is 0.909. The average molecular weight is 291 g/mol. The SMILES string of the molecule is CN(C)CCNC(=O)N1CCC(Oc2ccccc2)CC1. The molecule has 1 heterocycles. The normalized spacial score (nSPS) is 16.0. The summed E-state index contributed by atoms with van der Waals surface area (Å²) in [6.07, 6.45) is 1.98. The molecule has 1 aliphatic rings. The number of carbonyl (C=O) groups is 1. The number of benzene rings is 1. The van der Waals surface area contributed by atoms with Gasteiger partial charge in [0.25, 0.3) is 0 Å². The molecule has 0 aromatic heterocycles. The summed E-state index contributed by atoms with van der Waals surface area (Å²) in [6.45, 7) is 3.06. The van der Waals surface area contributed by atoms with Crippen molar-refractivity contribution in [1.29, 1.82) is 0 Å². The van der Waals surface area contributed by atoms with Gasteiger partial charge < -0.3 is 19.9 Å². The van der Waals surface area contributed by atoms with Gasteiger partial charge in [0.1, 0.15) is 11.9 Å². The van der Waals surface area contributed by atoms with Gasteiger partial charge in [0.05, 0.1) is 0 Å². The van der Waals surface area contributed by atoms with Crippen molar-refractivity contribution in [2.45, 2.75) is 18.9 Å². The van der Waals surface area contributed by atoms with Crippen LogP contribution in [0.5, 0.6) is 5.75 Å². The summed E-state index contributed by atoms with van der Waals surface area (Å²) in [4.78, 5) is 15.9. The number of amides is 2. The van der Waals surface area contributed by atoms with Crippen molar-refractivity contribution >= 4 is 6.03 Å². The van der Waals surface area contributed by atoms with E-state index in [0.29, 0.717) is 6.54 Å². The molecule has 0 spiro atoms. The van der Waals surface area contributed by atoms with Crippen molar-refractivity contribution in [2.24, 2.45) is 0 Å². The van der Waals surface area contributed by atoms with Crippen molar-refractivity contribution in [2.75, 3.05) is 40.3 Å². The van der Waals surface area contributed by atoms with Crippen LogP contribution >= 0.6 is 0 Å². The van der Waals surface area contributed by atoms with Gasteiger partial charge in [-0.05, 0) is 26.2 Å². The van der Waals surface area contributed by atoms with Gasteiger partial charge in [0.15, 0.2) is 0 Å². The number of rotatable bonds is 5. The van der Waals surface area contributed by atoms with Gasteiger partial charge in [-0.3, -0.25) is 0 Å².